The van der Waals surface area contributed by atoms with Gasteiger partial charge in [-0.1, -0.05) is 84.4 Å². The number of hydrogen-bond donors (Lipinski definition) is 3. The van der Waals surface area contributed by atoms with E-state index >= 15 is 0 Å². The molecule has 1 aliphatic rings. The highest BCUT2D eigenvalue weighted by atomic mass is 35.5. The van der Waals surface area contributed by atoms with Crippen LogP contribution >= 0.6 is 11.6 Å². The van der Waals surface area contributed by atoms with Crippen molar-refractivity contribution in [2.75, 3.05) is 26.3 Å². The summed E-state index contributed by atoms with van der Waals surface area (Å²) in [6.45, 7) is 2.67. The summed E-state index contributed by atoms with van der Waals surface area (Å²) in [7, 11) is 0. The number of nitrogens with two attached hydrogens (primary N) is 1. The zero-order valence-electron chi connectivity index (χ0n) is 22.4. The minimum absolute atomic E-state index is 0.0390. The molecule has 2 unspecified atom stereocenters. The molecule has 0 saturated heterocycles. The second-order valence-corrected chi connectivity index (χ2v) is 10.2. The van der Waals surface area contributed by atoms with Gasteiger partial charge in [-0.05, 0) is 42.2 Å². The third-order valence-corrected chi connectivity index (χ3v) is 7.29. The van der Waals surface area contributed by atoms with Gasteiger partial charge in [0.2, 0.25) is 5.91 Å². The van der Waals surface area contributed by atoms with Crippen LogP contribution in [0.4, 0.5) is 0 Å². The van der Waals surface area contributed by atoms with E-state index in [4.69, 9.17) is 22.1 Å². The van der Waals surface area contributed by atoms with E-state index in [0.717, 1.165) is 11.1 Å². The summed E-state index contributed by atoms with van der Waals surface area (Å²) in [6.07, 6.45) is 0.651. The molecule has 8 heteroatoms. The number of carboxylic acids is 1. The summed E-state index contributed by atoms with van der Waals surface area (Å²) < 4.78 is 5.67. The Labute approximate surface area is 239 Å². The number of carbonyl (C=O) groups is 2. The quantitative estimate of drug-likeness (QED) is 0.265. The Kier molecular flexibility index (Phi) is 10.2. The van der Waals surface area contributed by atoms with E-state index in [1.807, 2.05) is 36.4 Å². The first-order valence-corrected chi connectivity index (χ1v) is 13.7. The van der Waals surface area contributed by atoms with E-state index < -0.39 is 17.8 Å². The van der Waals surface area contributed by atoms with Crippen LogP contribution in [0.1, 0.15) is 41.9 Å². The van der Waals surface area contributed by atoms with E-state index in [0.29, 0.717) is 41.5 Å². The summed E-state index contributed by atoms with van der Waals surface area (Å²) in [5.74, 6) is -3.18. The van der Waals surface area contributed by atoms with Crippen LogP contribution in [-0.4, -0.2) is 49.0 Å². The topological polar surface area (TPSA) is 114 Å². The molecule has 1 aliphatic heterocycles. The lowest BCUT2D eigenvalue weighted by molar-refractivity contribution is -0.139. The number of nitrogens with one attached hydrogen (secondary N) is 1. The molecular formula is C32H34ClN3O4. The number of benzene rings is 3. The Morgan fingerprint density at radius 3 is 2.25 bits per heavy atom. The molecule has 1 amide bonds. The molecule has 0 aromatic heterocycles. The Balaban J connectivity index is 1.66. The lowest BCUT2D eigenvalue weighted by atomic mass is 9.75. The van der Waals surface area contributed by atoms with Crippen molar-refractivity contribution in [2.45, 2.75) is 25.2 Å². The summed E-state index contributed by atoms with van der Waals surface area (Å²) in [6, 6.07) is 27.3. The van der Waals surface area contributed by atoms with Crippen LogP contribution in [0, 0.1) is 5.92 Å². The maximum absolute atomic E-state index is 13.9. The number of carbonyl (C=O) groups excluding carboxylic acids is 1. The van der Waals surface area contributed by atoms with Crippen LogP contribution in [0.2, 0.25) is 5.02 Å². The molecule has 0 bridgehead atoms. The number of ether oxygens (including phenoxy) is 1. The van der Waals surface area contributed by atoms with E-state index in [9.17, 15) is 14.7 Å². The van der Waals surface area contributed by atoms with Crippen molar-refractivity contribution in [1.82, 2.24) is 5.32 Å². The number of aliphatic imine (C=N–C) groups is 1. The van der Waals surface area contributed by atoms with Crippen LogP contribution in [0.3, 0.4) is 0 Å². The average Bonchev–Trinajstić information content (AvgIpc) is 2.95. The van der Waals surface area contributed by atoms with Gasteiger partial charge in [0.25, 0.3) is 0 Å². The highest BCUT2D eigenvalue weighted by Crippen LogP contribution is 2.40. The maximum atomic E-state index is 13.9. The van der Waals surface area contributed by atoms with E-state index in [1.54, 1.807) is 31.2 Å². The van der Waals surface area contributed by atoms with Crippen LogP contribution in [0.25, 0.3) is 0 Å². The van der Waals surface area contributed by atoms with Gasteiger partial charge in [-0.2, -0.15) is 0 Å². The maximum Gasteiger partial charge on any atom is 0.313 e. The Morgan fingerprint density at radius 2 is 1.68 bits per heavy atom. The molecule has 40 heavy (non-hydrogen) atoms. The van der Waals surface area contributed by atoms with Crippen LogP contribution in [0.5, 0.6) is 0 Å². The number of amides is 1. The molecule has 4 rings (SSSR count). The number of rotatable bonds is 12. The second kappa shape index (κ2) is 14.0. The molecule has 0 radical (unpaired) electrons. The van der Waals surface area contributed by atoms with Gasteiger partial charge >= 0.3 is 5.97 Å². The molecule has 0 aliphatic carbocycles. The van der Waals surface area contributed by atoms with E-state index in [2.05, 4.69) is 34.6 Å². The first kappa shape index (κ1) is 29.2. The molecule has 1 heterocycles. The summed E-state index contributed by atoms with van der Waals surface area (Å²) in [5.41, 5.74) is 9.60. The normalized spacial score (nSPS) is 17.1. The molecule has 0 spiro atoms. The Hall–Kier alpha value is -3.78. The lowest BCUT2D eigenvalue weighted by Crippen LogP contribution is -2.39. The largest absolute Gasteiger partial charge is 0.481 e. The van der Waals surface area contributed by atoms with Crippen LogP contribution in [-0.2, 0) is 14.3 Å². The third kappa shape index (κ3) is 7.04. The molecule has 0 saturated carbocycles. The van der Waals surface area contributed by atoms with Gasteiger partial charge in [0.05, 0.1) is 18.9 Å². The Bertz CT molecular complexity index is 1340. The van der Waals surface area contributed by atoms with Crippen molar-refractivity contribution >= 4 is 29.2 Å². The zero-order chi connectivity index (χ0) is 28.5. The third-order valence-electron chi connectivity index (χ3n) is 7.06. The fourth-order valence-corrected chi connectivity index (χ4v) is 5.47. The predicted octanol–water partition coefficient (Wildman–Crippen LogP) is 5.17. The number of halogens is 1. The minimum atomic E-state index is -1.06. The molecule has 7 nitrogen and oxygen atoms in total. The number of nitrogens with zero attached hydrogens (tertiary/aromatic N) is 1. The van der Waals surface area contributed by atoms with Crippen LogP contribution in [0.15, 0.2) is 101 Å². The standard InChI is InChI=1S/C32H34ClN3O4/c1-21-28(32(38)39)29(24-13-8-14-25(33)19-24)30(27(36-21)20-40-18-16-34)31(37)35-17-15-26(22-9-4-2-5-10-22)23-11-6-3-7-12-23/h2-14,19,26,28-29H,15-18,20,34H2,1H3,(H,35,37)(H,38,39). The van der Waals surface area contributed by atoms with Gasteiger partial charge in [-0.25, -0.2) is 0 Å². The zero-order valence-corrected chi connectivity index (χ0v) is 23.2. The lowest BCUT2D eigenvalue weighted by Gasteiger charge is -2.32. The fourth-order valence-electron chi connectivity index (χ4n) is 5.27. The van der Waals surface area contributed by atoms with Crippen molar-refractivity contribution in [3.63, 3.8) is 0 Å². The van der Waals surface area contributed by atoms with E-state index in [1.165, 1.54) is 0 Å². The molecule has 208 valence electrons. The summed E-state index contributed by atoms with van der Waals surface area (Å²) in [5, 5.41) is 13.7. The molecule has 0 fully saturated rings. The van der Waals surface area contributed by atoms with Gasteiger partial charge in [-0.3, -0.25) is 14.6 Å². The van der Waals surface area contributed by atoms with Crippen molar-refractivity contribution < 1.29 is 19.4 Å². The summed E-state index contributed by atoms with van der Waals surface area (Å²) in [4.78, 5) is 30.9. The number of aliphatic carboxylic acids is 1. The highest BCUT2D eigenvalue weighted by Gasteiger charge is 2.41. The first-order valence-electron chi connectivity index (χ1n) is 13.3. The van der Waals surface area contributed by atoms with Gasteiger partial charge in [0.15, 0.2) is 0 Å². The minimum Gasteiger partial charge on any atom is -0.481 e. The molecule has 3 aromatic carbocycles. The van der Waals surface area contributed by atoms with Crippen molar-refractivity contribution in [2.24, 2.45) is 16.6 Å². The van der Waals surface area contributed by atoms with Gasteiger partial charge < -0.3 is 20.9 Å². The van der Waals surface area contributed by atoms with Gasteiger partial charge in [0.1, 0.15) is 5.92 Å². The number of carboxylic acid groups (broad SMARTS) is 1. The van der Waals surface area contributed by atoms with Crippen LogP contribution < -0.4 is 11.1 Å². The van der Waals surface area contributed by atoms with Crippen molar-refractivity contribution in [3.8, 4) is 0 Å². The fraction of sp³-hybridized carbons (Fsp3) is 0.281. The SMILES string of the molecule is CC1=NC(COCCN)=C(C(=O)NCCC(c2ccccc2)c2ccccc2)C(c2cccc(Cl)c2)C1C(=O)O. The average molecular weight is 560 g/mol. The smallest absolute Gasteiger partial charge is 0.313 e. The van der Waals surface area contributed by atoms with Gasteiger partial charge in [-0.15, -0.1) is 0 Å². The molecule has 2 atom stereocenters. The molecular weight excluding hydrogens is 526 g/mol. The second-order valence-electron chi connectivity index (χ2n) is 9.72. The first-order chi connectivity index (χ1) is 19.4. The van der Waals surface area contributed by atoms with Gasteiger partial charge in [0, 0.05) is 41.2 Å². The highest BCUT2D eigenvalue weighted by molar-refractivity contribution is 6.30. The monoisotopic (exact) mass is 559 g/mol. The summed E-state index contributed by atoms with van der Waals surface area (Å²) >= 11 is 6.30. The van der Waals surface area contributed by atoms with Crippen molar-refractivity contribution in [3.05, 3.63) is 118 Å². The molecule has 3 aromatic rings. The van der Waals surface area contributed by atoms with Crippen molar-refractivity contribution in [1.29, 1.82) is 0 Å². The Morgan fingerprint density at radius 1 is 1.02 bits per heavy atom. The number of hydrogen-bond acceptors (Lipinski definition) is 5. The van der Waals surface area contributed by atoms with E-state index in [-0.39, 0.29) is 30.6 Å². The predicted molar refractivity (Wildman–Crippen MR) is 158 cm³/mol. The molecule has 4 N–H and O–H groups in total.